The molecule has 0 bridgehead atoms. The van der Waals surface area contributed by atoms with Gasteiger partial charge in [-0.3, -0.25) is 4.90 Å². The Morgan fingerprint density at radius 1 is 1.37 bits per heavy atom. The molecule has 0 aromatic carbocycles. The number of thiazole rings is 1. The zero-order valence-corrected chi connectivity index (χ0v) is 13.3. The van der Waals surface area contributed by atoms with Crippen LogP contribution in [0.4, 0.5) is 0 Å². The van der Waals surface area contributed by atoms with Crippen LogP contribution in [-0.4, -0.2) is 23.0 Å². The summed E-state index contributed by atoms with van der Waals surface area (Å²) >= 11 is 1.69. The van der Waals surface area contributed by atoms with E-state index in [-0.39, 0.29) is 6.04 Å². The summed E-state index contributed by atoms with van der Waals surface area (Å²) in [6.07, 6.45) is 5.32. The summed E-state index contributed by atoms with van der Waals surface area (Å²) < 4.78 is 0. The van der Waals surface area contributed by atoms with Gasteiger partial charge in [0.05, 0.1) is 11.7 Å². The summed E-state index contributed by atoms with van der Waals surface area (Å²) in [7, 11) is 0. The van der Waals surface area contributed by atoms with Crippen LogP contribution in [0.5, 0.6) is 0 Å². The van der Waals surface area contributed by atoms with Crippen molar-refractivity contribution in [2.24, 2.45) is 11.1 Å². The molecule has 1 aliphatic rings. The third kappa shape index (κ3) is 3.56. The first-order valence-corrected chi connectivity index (χ1v) is 8.39. The van der Waals surface area contributed by atoms with E-state index in [9.17, 15) is 0 Å². The molecule has 2 N–H and O–H groups in total. The quantitative estimate of drug-likeness (QED) is 0.897. The second-order valence-electron chi connectivity index (χ2n) is 5.95. The molecule has 0 saturated carbocycles. The monoisotopic (exact) mass is 281 g/mol. The van der Waals surface area contributed by atoms with E-state index in [1.807, 2.05) is 6.92 Å². The Balaban J connectivity index is 1.88. The molecule has 1 aromatic heterocycles. The van der Waals surface area contributed by atoms with E-state index in [2.05, 4.69) is 29.1 Å². The third-order valence-electron chi connectivity index (χ3n) is 4.76. The van der Waals surface area contributed by atoms with Crippen LogP contribution in [0.3, 0.4) is 0 Å². The standard InChI is InChI=1S/C15H27N3S/c1-4-15(5-2)6-8-18(9-7-15)10-13-11-19-14(17-13)12(3)16/h11-12H,4-10,16H2,1-3H3. The summed E-state index contributed by atoms with van der Waals surface area (Å²) in [5, 5.41) is 3.23. The van der Waals surface area contributed by atoms with Gasteiger partial charge in [-0.15, -0.1) is 11.3 Å². The predicted octanol–water partition coefficient (Wildman–Crippen LogP) is 3.57. The van der Waals surface area contributed by atoms with Crippen molar-refractivity contribution in [3.63, 3.8) is 0 Å². The highest BCUT2D eigenvalue weighted by atomic mass is 32.1. The maximum Gasteiger partial charge on any atom is 0.109 e. The van der Waals surface area contributed by atoms with Crippen LogP contribution < -0.4 is 5.73 Å². The lowest BCUT2D eigenvalue weighted by Gasteiger charge is -2.40. The molecule has 0 spiro atoms. The summed E-state index contributed by atoms with van der Waals surface area (Å²) in [5.74, 6) is 0. The van der Waals surface area contributed by atoms with Crippen LogP contribution in [0.2, 0.25) is 0 Å². The number of hydrogen-bond acceptors (Lipinski definition) is 4. The van der Waals surface area contributed by atoms with Crippen LogP contribution in [0.25, 0.3) is 0 Å². The minimum absolute atomic E-state index is 0.0629. The molecule has 0 amide bonds. The fraction of sp³-hybridized carbons (Fsp3) is 0.800. The lowest BCUT2D eigenvalue weighted by Crippen LogP contribution is -2.39. The van der Waals surface area contributed by atoms with E-state index >= 15 is 0 Å². The van der Waals surface area contributed by atoms with Gasteiger partial charge in [-0.1, -0.05) is 26.7 Å². The number of likely N-dealkylation sites (tertiary alicyclic amines) is 1. The van der Waals surface area contributed by atoms with Gasteiger partial charge < -0.3 is 5.73 Å². The van der Waals surface area contributed by atoms with Crippen molar-refractivity contribution in [1.29, 1.82) is 0 Å². The molecular formula is C15H27N3S. The summed E-state index contributed by atoms with van der Waals surface area (Å²) in [6, 6.07) is 0.0629. The van der Waals surface area contributed by atoms with Gasteiger partial charge >= 0.3 is 0 Å². The van der Waals surface area contributed by atoms with Crippen LogP contribution in [0.1, 0.15) is 63.2 Å². The van der Waals surface area contributed by atoms with Gasteiger partial charge in [0, 0.05) is 11.9 Å². The molecule has 4 heteroatoms. The number of nitrogens with two attached hydrogens (primary N) is 1. The first-order valence-electron chi connectivity index (χ1n) is 7.51. The van der Waals surface area contributed by atoms with E-state index in [1.165, 1.54) is 44.5 Å². The molecule has 3 nitrogen and oxygen atoms in total. The molecule has 1 atom stereocenters. The Hall–Kier alpha value is -0.450. The minimum atomic E-state index is 0.0629. The number of piperidine rings is 1. The molecule has 1 aromatic rings. The predicted molar refractivity (Wildman–Crippen MR) is 82.2 cm³/mol. The molecule has 1 aliphatic heterocycles. The normalized spacial score (nSPS) is 21.5. The molecule has 2 heterocycles. The van der Waals surface area contributed by atoms with Gasteiger partial charge in [-0.2, -0.15) is 0 Å². The number of aromatic nitrogens is 1. The first kappa shape index (κ1) is 14.9. The van der Waals surface area contributed by atoms with Gasteiger partial charge in [-0.05, 0) is 38.3 Å². The van der Waals surface area contributed by atoms with Crippen LogP contribution in [0.15, 0.2) is 5.38 Å². The molecule has 1 saturated heterocycles. The highest BCUT2D eigenvalue weighted by Crippen LogP contribution is 2.38. The SMILES string of the molecule is CCC1(CC)CCN(Cc2csc(C(C)N)n2)CC1. The molecule has 1 unspecified atom stereocenters. The number of nitrogens with zero attached hydrogens (tertiary/aromatic N) is 2. The zero-order valence-electron chi connectivity index (χ0n) is 12.5. The molecule has 0 radical (unpaired) electrons. The second kappa shape index (κ2) is 6.33. The zero-order chi connectivity index (χ0) is 13.9. The van der Waals surface area contributed by atoms with E-state index in [0.29, 0.717) is 5.41 Å². The van der Waals surface area contributed by atoms with Crippen LogP contribution in [0, 0.1) is 5.41 Å². The Labute approximate surface area is 121 Å². The molecule has 1 fully saturated rings. The van der Waals surface area contributed by atoms with E-state index in [0.717, 1.165) is 11.6 Å². The van der Waals surface area contributed by atoms with Crippen molar-refractivity contribution in [2.75, 3.05) is 13.1 Å². The second-order valence-corrected chi connectivity index (χ2v) is 6.84. The molecule has 0 aliphatic carbocycles. The Kier molecular flexibility index (Phi) is 4.98. The highest BCUT2D eigenvalue weighted by Gasteiger charge is 2.31. The average molecular weight is 281 g/mol. The lowest BCUT2D eigenvalue weighted by atomic mass is 9.74. The first-order chi connectivity index (χ1) is 9.08. The van der Waals surface area contributed by atoms with Crippen molar-refractivity contribution in [2.45, 2.75) is 59.0 Å². The average Bonchev–Trinajstić information content (AvgIpc) is 2.89. The topological polar surface area (TPSA) is 42.1 Å². The smallest absolute Gasteiger partial charge is 0.109 e. The van der Waals surface area contributed by atoms with Crippen molar-refractivity contribution in [1.82, 2.24) is 9.88 Å². The van der Waals surface area contributed by atoms with Gasteiger partial charge in [-0.25, -0.2) is 4.98 Å². The van der Waals surface area contributed by atoms with Crippen molar-refractivity contribution >= 4 is 11.3 Å². The van der Waals surface area contributed by atoms with Crippen LogP contribution >= 0.6 is 11.3 Å². The summed E-state index contributed by atoms with van der Waals surface area (Å²) in [6.45, 7) is 10.1. The van der Waals surface area contributed by atoms with E-state index < -0.39 is 0 Å². The van der Waals surface area contributed by atoms with Gasteiger partial charge in [0.25, 0.3) is 0 Å². The fourth-order valence-corrected chi connectivity index (χ4v) is 3.74. The largest absolute Gasteiger partial charge is 0.322 e. The molecule has 108 valence electrons. The number of hydrogen-bond donors (Lipinski definition) is 1. The Bertz CT molecular complexity index is 386. The van der Waals surface area contributed by atoms with E-state index in [4.69, 9.17) is 5.73 Å². The minimum Gasteiger partial charge on any atom is -0.322 e. The fourth-order valence-electron chi connectivity index (χ4n) is 2.98. The lowest BCUT2D eigenvalue weighted by molar-refractivity contribution is 0.0902. The van der Waals surface area contributed by atoms with Crippen LogP contribution in [-0.2, 0) is 6.54 Å². The summed E-state index contributed by atoms with van der Waals surface area (Å²) in [4.78, 5) is 7.18. The third-order valence-corrected chi connectivity index (χ3v) is 5.86. The summed E-state index contributed by atoms with van der Waals surface area (Å²) in [5.41, 5.74) is 7.67. The Morgan fingerprint density at radius 2 is 2.00 bits per heavy atom. The number of rotatable bonds is 5. The Morgan fingerprint density at radius 3 is 2.47 bits per heavy atom. The maximum atomic E-state index is 5.87. The van der Waals surface area contributed by atoms with Gasteiger partial charge in [0.1, 0.15) is 5.01 Å². The molecule has 2 rings (SSSR count). The maximum absolute atomic E-state index is 5.87. The molecular weight excluding hydrogens is 254 g/mol. The van der Waals surface area contributed by atoms with Crippen molar-refractivity contribution in [3.8, 4) is 0 Å². The van der Waals surface area contributed by atoms with Crippen molar-refractivity contribution in [3.05, 3.63) is 16.1 Å². The van der Waals surface area contributed by atoms with E-state index in [1.54, 1.807) is 11.3 Å². The molecule has 19 heavy (non-hydrogen) atoms. The van der Waals surface area contributed by atoms with Gasteiger partial charge in [0.15, 0.2) is 0 Å². The van der Waals surface area contributed by atoms with Crippen molar-refractivity contribution < 1.29 is 0 Å². The van der Waals surface area contributed by atoms with Gasteiger partial charge in [0.2, 0.25) is 0 Å². The highest BCUT2D eigenvalue weighted by molar-refractivity contribution is 7.09.